The van der Waals surface area contributed by atoms with Crippen molar-refractivity contribution in [2.24, 2.45) is 5.41 Å². The summed E-state index contributed by atoms with van der Waals surface area (Å²) in [6, 6.07) is 3.78. The van der Waals surface area contributed by atoms with Gasteiger partial charge in [0.1, 0.15) is 5.82 Å². The SMILES string of the molecule is CC1(C)CCC(O)(Cc2ccnc(N)c2)C1. The Morgan fingerprint density at radius 3 is 2.75 bits per heavy atom. The van der Waals surface area contributed by atoms with E-state index in [-0.39, 0.29) is 5.41 Å². The zero-order valence-electron chi connectivity index (χ0n) is 10.0. The molecule has 16 heavy (non-hydrogen) atoms. The number of anilines is 1. The summed E-state index contributed by atoms with van der Waals surface area (Å²) in [5, 5.41) is 10.5. The van der Waals surface area contributed by atoms with E-state index in [0.29, 0.717) is 12.2 Å². The van der Waals surface area contributed by atoms with Crippen molar-refractivity contribution in [3.8, 4) is 0 Å². The second-order valence-corrected chi connectivity index (χ2v) is 5.83. The first-order valence-corrected chi connectivity index (χ1v) is 5.81. The molecule has 1 atom stereocenters. The van der Waals surface area contributed by atoms with Gasteiger partial charge in [-0.15, -0.1) is 0 Å². The zero-order valence-corrected chi connectivity index (χ0v) is 10.0. The lowest BCUT2D eigenvalue weighted by Crippen LogP contribution is -2.29. The lowest BCUT2D eigenvalue weighted by molar-refractivity contribution is 0.0379. The van der Waals surface area contributed by atoms with Crippen molar-refractivity contribution < 1.29 is 5.11 Å². The summed E-state index contributed by atoms with van der Waals surface area (Å²) in [6.07, 6.45) is 5.21. The van der Waals surface area contributed by atoms with Crippen molar-refractivity contribution >= 4 is 5.82 Å². The minimum Gasteiger partial charge on any atom is -0.390 e. The second-order valence-electron chi connectivity index (χ2n) is 5.83. The number of nitrogens with two attached hydrogens (primary N) is 1. The molecule has 1 aliphatic carbocycles. The number of rotatable bonds is 2. The van der Waals surface area contributed by atoms with Crippen LogP contribution < -0.4 is 5.73 Å². The zero-order chi connectivity index (χ0) is 11.8. The molecule has 0 spiro atoms. The number of aliphatic hydroxyl groups is 1. The van der Waals surface area contributed by atoms with Crippen molar-refractivity contribution in [3.63, 3.8) is 0 Å². The van der Waals surface area contributed by atoms with E-state index in [1.165, 1.54) is 0 Å². The Morgan fingerprint density at radius 2 is 2.19 bits per heavy atom. The number of nitrogen functional groups attached to an aromatic ring is 1. The van der Waals surface area contributed by atoms with E-state index in [1.807, 2.05) is 12.1 Å². The monoisotopic (exact) mass is 220 g/mol. The molecule has 0 amide bonds. The first kappa shape index (κ1) is 11.4. The number of hydrogen-bond donors (Lipinski definition) is 2. The molecule has 0 aliphatic heterocycles. The third-order valence-corrected chi connectivity index (χ3v) is 3.45. The molecule has 1 aliphatic rings. The molecule has 0 radical (unpaired) electrons. The maximum atomic E-state index is 10.5. The Balaban J connectivity index is 2.10. The van der Waals surface area contributed by atoms with Gasteiger partial charge in [-0.3, -0.25) is 0 Å². The van der Waals surface area contributed by atoms with Crippen LogP contribution in [0.25, 0.3) is 0 Å². The van der Waals surface area contributed by atoms with Crippen LogP contribution in [0.4, 0.5) is 5.82 Å². The van der Waals surface area contributed by atoms with Crippen LogP contribution >= 0.6 is 0 Å². The Morgan fingerprint density at radius 1 is 1.44 bits per heavy atom. The highest BCUT2D eigenvalue weighted by Gasteiger charge is 2.41. The third kappa shape index (κ3) is 2.53. The van der Waals surface area contributed by atoms with E-state index in [1.54, 1.807) is 6.20 Å². The summed E-state index contributed by atoms with van der Waals surface area (Å²) in [6.45, 7) is 4.43. The highest BCUT2D eigenvalue weighted by molar-refractivity contribution is 5.32. The predicted octanol–water partition coefficient (Wildman–Crippen LogP) is 2.15. The largest absolute Gasteiger partial charge is 0.390 e. The van der Waals surface area contributed by atoms with Crippen LogP contribution in [-0.2, 0) is 6.42 Å². The highest BCUT2D eigenvalue weighted by atomic mass is 16.3. The van der Waals surface area contributed by atoms with Crippen molar-refractivity contribution in [2.75, 3.05) is 5.73 Å². The molecule has 3 nitrogen and oxygen atoms in total. The van der Waals surface area contributed by atoms with E-state index in [9.17, 15) is 5.11 Å². The van der Waals surface area contributed by atoms with Gasteiger partial charge in [-0.05, 0) is 42.4 Å². The predicted molar refractivity (Wildman–Crippen MR) is 64.9 cm³/mol. The molecule has 0 aromatic carbocycles. The standard InChI is InChI=1S/C13H20N2O/c1-12(2)4-5-13(16,9-12)8-10-3-6-15-11(14)7-10/h3,6-7,16H,4-5,8-9H2,1-2H3,(H2,14,15). The van der Waals surface area contributed by atoms with Crippen LogP contribution in [0.1, 0.15) is 38.7 Å². The van der Waals surface area contributed by atoms with E-state index in [0.717, 1.165) is 24.8 Å². The summed E-state index contributed by atoms with van der Waals surface area (Å²) < 4.78 is 0. The van der Waals surface area contributed by atoms with Gasteiger partial charge in [0.15, 0.2) is 0 Å². The van der Waals surface area contributed by atoms with Gasteiger partial charge in [-0.25, -0.2) is 4.98 Å². The third-order valence-electron chi connectivity index (χ3n) is 3.45. The number of aromatic nitrogens is 1. The maximum Gasteiger partial charge on any atom is 0.123 e. The van der Waals surface area contributed by atoms with Crippen LogP contribution in [0.5, 0.6) is 0 Å². The molecule has 1 unspecified atom stereocenters. The fraction of sp³-hybridized carbons (Fsp3) is 0.615. The van der Waals surface area contributed by atoms with Gasteiger partial charge in [0.25, 0.3) is 0 Å². The number of hydrogen-bond acceptors (Lipinski definition) is 3. The summed E-state index contributed by atoms with van der Waals surface area (Å²) in [5.41, 5.74) is 6.41. The first-order chi connectivity index (χ1) is 7.39. The fourth-order valence-electron chi connectivity index (χ4n) is 2.77. The van der Waals surface area contributed by atoms with Gasteiger partial charge >= 0.3 is 0 Å². The Kier molecular flexibility index (Phi) is 2.66. The lowest BCUT2D eigenvalue weighted by atomic mass is 9.86. The fourth-order valence-corrected chi connectivity index (χ4v) is 2.77. The molecule has 1 aromatic rings. The Bertz CT molecular complexity index is 389. The van der Waals surface area contributed by atoms with E-state index in [4.69, 9.17) is 5.73 Å². The lowest BCUT2D eigenvalue weighted by Gasteiger charge is -2.25. The molecule has 2 rings (SSSR count). The molecule has 1 saturated carbocycles. The average Bonchev–Trinajstić information content (AvgIpc) is 2.40. The molecular weight excluding hydrogens is 200 g/mol. The second kappa shape index (κ2) is 3.74. The van der Waals surface area contributed by atoms with Crippen LogP contribution in [0.15, 0.2) is 18.3 Å². The number of pyridine rings is 1. The Labute approximate surface area is 96.7 Å². The average molecular weight is 220 g/mol. The highest BCUT2D eigenvalue weighted by Crippen LogP contribution is 2.44. The van der Waals surface area contributed by atoms with Crippen molar-refractivity contribution in [1.29, 1.82) is 0 Å². The molecule has 88 valence electrons. The van der Waals surface area contributed by atoms with E-state index < -0.39 is 5.60 Å². The van der Waals surface area contributed by atoms with Crippen LogP contribution in [-0.4, -0.2) is 15.7 Å². The Hall–Kier alpha value is -1.09. The molecular formula is C13H20N2O. The summed E-state index contributed by atoms with van der Waals surface area (Å²) in [4.78, 5) is 3.96. The van der Waals surface area contributed by atoms with E-state index in [2.05, 4.69) is 18.8 Å². The summed E-state index contributed by atoms with van der Waals surface area (Å²) in [7, 11) is 0. The maximum absolute atomic E-state index is 10.5. The van der Waals surface area contributed by atoms with Gasteiger partial charge in [0.2, 0.25) is 0 Å². The van der Waals surface area contributed by atoms with Gasteiger partial charge < -0.3 is 10.8 Å². The van der Waals surface area contributed by atoms with Gasteiger partial charge in [0, 0.05) is 12.6 Å². The molecule has 3 N–H and O–H groups in total. The molecule has 3 heteroatoms. The molecule has 1 heterocycles. The van der Waals surface area contributed by atoms with Crippen LogP contribution in [0.3, 0.4) is 0 Å². The number of nitrogens with zero attached hydrogens (tertiary/aromatic N) is 1. The smallest absolute Gasteiger partial charge is 0.123 e. The van der Waals surface area contributed by atoms with Gasteiger partial charge in [-0.2, -0.15) is 0 Å². The molecule has 0 bridgehead atoms. The minimum absolute atomic E-state index is 0.257. The molecule has 1 fully saturated rings. The van der Waals surface area contributed by atoms with Crippen molar-refractivity contribution in [3.05, 3.63) is 23.9 Å². The molecule has 0 saturated heterocycles. The minimum atomic E-state index is -0.558. The van der Waals surface area contributed by atoms with E-state index >= 15 is 0 Å². The summed E-state index contributed by atoms with van der Waals surface area (Å²) in [5.74, 6) is 0.526. The molecule has 1 aromatic heterocycles. The summed E-state index contributed by atoms with van der Waals surface area (Å²) >= 11 is 0. The van der Waals surface area contributed by atoms with Crippen molar-refractivity contribution in [1.82, 2.24) is 4.98 Å². The van der Waals surface area contributed by atoms with Crippen LogP contribution in [0.2, 0.25) is 0 Å². The topological polar surface area (TPSA) is 59.1 Å². The van der Waals surface area contributed by atoms with Gasteiger partial charge in [0.05, 0.1) is 5.60 Å². The quantitative estimate of drug-likeness (QED) is 0.803. The first-order valence-electron chi connectivity index (χ1n) is 5.81. The normalized spacial score (nSPS) is 28.2. The van der Waals surface area contributed by atoms with Crippen LogP contribution in [0, 0.1) is 5.41 Å². The van der Waals surface area contributed by atoms with Gasteiger partial charge in [-0.1, -0.05) is 13.8 Å². The van der Waals surface area contributed by atoms with Crippen molar-refractivity contribution in [2.45, 2.75) is 45.1 Å².